The predicted octanol–water partition coefficient (Wildman–Crippen LogP) is 3.13. The predicted molar refractivity (Wildman–Crippen MR) is 75.1 cm³/mol. The molecule has 0 atom stereocenters. The maximum atomic E-state index is 8.68. The number of nitrogens with zero attached hydrogens (tertiary/aromatic N) is 3. The molecule has 20 heavy (non-hydrogen) atoms. The molecule has 3 rings (SSSR count). The maximum absolute atomic E-state index is 8.68. The Morgan fingerprint density at radius 3 is 2.80 bits per heavy atom. The van der Waals surface area contributed by atoms with E-state index in [1.165, 1.54) is 12.0 Å². The van der Waals surface area contributed by atoms with Crippen LogP contribution in [0, 0.1) is 22.7 Å². The first kappa shape index (κ1) is 12.3. The van der Waals surface area contributed by atoms with Gasteiger partial charge in [0.1, 0.15) is 17.9 Å². The minimum absolute atomic E-state index is 0.210. The molecule has 1 N–H and O–H groups in total. The summed E-state index contributed by atoms with van der Waals surface area (Å²) in [6.07, 6.45) is 4.34. The van der Waals surface area contributed by atoms with E-state index in [0.29, 0.717) is 5.69 Å². The summed E-state index contributed by atoms with van der Waals surface area (Å²) in [6.45, 7) is 0. The van der Waals surface area contributed by atoms with Gasteiger partial charge in [-0.25, -0.2) is 0 Å². The molecule has 5 heteroatoms. The van der Waals surface area contributed by atoms with E-state index in [1.807, 2.05) is 18.2 Å². The first-order chi connectivity index (χ1) is 9.83. The average molecular weight is 264 g/mol. The Labute approximate surface area is 116 Å². The molecule has 5 nitrogen and oxygen atoms in total. The fraction of sp³-hybridized carbons (Fsp3) is 0.267. The van der Waals surface area contributed by atoms with Crippen LogP contribution in [-0.4, -0.2) is 5.71 Å². The molecule has 0 aliphatic heterocycles. The van der Waals surface area contributed by atoms with Gasteiger partial charge in [0.15, 0.2) is 5.58 Å². The Kier molecular flexibility index (Phi) is 3.10. The lowest BCUT2D eigenvalue weighted by Crippen LogP contribution is -1.98. The third kappa shape index (κ3) is 2.00. The van der Waals surface area contributed by atoms with Crippen molar-refractivity contribution in [1.29, 1.82) is 10.5 Å². The van der Waals surface area contributed by atoms with Gasteiger partial charge in [-0.1, -0.05) is 12.1 Å². The Morgan fingerprint density at radius 1 is 1.20 bits per heavy atom. The van der Waals surface area contributed by atoms with Crippen LogP contribution < -0.4 is 5.43 Å². The number of hydrazone groups is 1. The number of furan rings is 1. The lowest BCUT2D eigenvalue weighted by atomic mass is 9.96. The van der Waals surface area contributed by atoms with Gasteiger partial charge >= 0.3 is 0 Å². The Morgan fingerprint density at radius 2 is 2.00 bits per heavy atom. The summed E-state index contributed by atoms with van der Waals surface area (Å²) < 4.78 is 5.92. The van der Waals surface area contributed by atoms with Crippen molar-refractivity contribution in [1.82, 2.24) is 0 Å². The molecule has 0 bridgehead atoms. The number of rotatable bonds is 2. The van der Waals surface area contributed by atoms with Gasteiger partial charge in [-0.15, -0.1) is 0 Å². The van der Waals surface area contributed by atoms with Crippen molar-refractivity contribution < 1.29 is 4.42 Å². The zero-order chi connectivity index (χ0) is 13.9. The molecule has 0 fully saturated rings. The molecular weight excluding hydrogens is 252 g/mol. The van der Waals surface area contributed by atoms with Gasteiger partial charge in [-0.05, 0) is 25.3 Å². The fourth-order valence-electron chi connectivity index (χ4n) is 2.56. The van der Waals surface area contributed by atoms with Gasteiger partial charge in [-0.2, -0.15) is 15.6 Å². The van der Waals surface area contributed by atoms with E-state index in [1.54, 1.807) is 12.1 Å². The summed E-state index contributed by atoms with van der Waals surface area (Å²) in [6, 6.07) is 9.21. The monoisotopic (exact) mass is 264 g/mol. The average Bonchev–Trinajstić information content (AvgIpc) is 2.88. The number of anilines is 1. The van der Waals surface area contributed by atoms with Gasteiger partial charge in [0, 0.05) is 17.4 Å². The normalized spacial score (nSPS) is 13.1. The summed E-state index contributed by atoms with van der Waals surface area (Å²) in [4.78, 5) is 0. The maximum Gasteiger partial charge on any atom is 0.237 e. The van der Waals surface area contributed by atoms with Crippen LogP contribution in [0.3, 0.4) is 0 Å². The lowest BCUT2D eigenvalue weighted by Gasteiger charge is -2.08. The van der Waals surface area contributed by atoms with Gasteiger partial charge in [0.25, 0.3) is 0 Å². The minimum atomic E-state index is -0.210. The summed E-state index contributed by atoms with van der Waals surface area (Å²) >= 11 is 0. The second kappa shape index (κ2) is 5.07. The van der Waals surface area contributed by atoms with Crippen molar-refractivity contribution >= 4 is 22.4 Å². The minimum Gasteiger partial charge on any atom is -0.459 e. The molecule has 0 radical (unpaired) electrons. The highest BCUT2D eigenvalue weighted by Crippen LogP contribution is 2.35. The van der Waals surface area contributed by atoms with Crippen LogP contribution in [0.25, 0.3) is 11.0 Å². The Balaban J connectivity index is 2.05. The Bertz CT molecular complexity index is 757. The number of benzene rings is 1. The zero-order valence-electron chi connectivity index (χ0n) is 10.8. The first-order valence-corrected chi connectivity index (χ1v) is 6.50. The standard InChI is InChI=1S/C15H12N4O/c16-8-10(9-17)18-19-13-6-3-5-12-11-4-1-2-7-14(11)20-15(12)13/h3,5-6,19H,1-2,4,7H2. The molecule has 1 aliphatic rings. The third-order valence-electron chi connectivity index (χ3n) is 3.48. The van der Waals surface area contributed by atoms with Crippen LogP contribution in [-0.2, 0) is 12.8 Å². The molecule has 1 heterocycles. The van der Waals surface area contributed by atoms with Crippen LogP contribution in [0.5, 0.6) is 0 Å². The van der Waals surface area contributed by atoms with E-state index >= 15 is 0 Å². The molecular formula is C15H12N4O. The molecule has 1 aliphatic carbocycles. The second-order valence-corrected chi connectivity index (χ2v) is 4.69. The van der Waals surface area contributed by atoms with Gasteiger partial charge in [0.2, 0.25) is 5.71 Å². The molecule has 1 aromatic carbocycles. The molecule has 0 amide bonds. The van der Waals surface area contributed by atoms with Gasteiger partial charge in [-0.3, -0.25) is 5.43 Å². The SMILES string of the molecule is N#CC(C#N)=NNc1cccc2c3c(oc12)CCCC3. The van der Waals surface area contributed by atoms with E-state index in [2.05, 4.69) is 10.5 Å². The molecule has 0 saturated carbocycles. The van der Waals surface area contributed by atoms with Crippen molar-refractivity contribution in [2.24, 2.45) is 5.10 Å². The molecule has 2 aromatic rings. The molecule has 98 valence electrons. The van der Waals surface area contributed by atoms with Crippen LogP contribution in [0.1, 0.15) is 24.2 Å². The number of hydrogen-bond acceptors (Lipinski definition) is 5. The topological polar surface area (TPSA) is 85.1 Å². The molecule has 0 saturated heterocycles. The smallest absolute Gasteiger partial charge is 0.237 e. The summed E-state index contributed by atoms with van der Waals surface area (Å²) in [5.74, 6) is 1.05. The highest BCUT2D eigenvalue weighted by atomic mass is 16.3. The molecule has 0 spiro atoms. The van der Waals surface area contributed by atoms with E-state index in [0.717, 1.165) is 36.0 Å². The number of para-hydroxylation sites is 1. The van der Waals surface area contributed by atoms with E-state index in [9.17, 15) is 0 Å². The van der Waals surface area contributed by atoms with Crippen molar-refractivity contribution in [2.45, 2.75) is 25.7 Å². The first-order valence-electron chi connectivity index (χ1n) is 6.50. The van der Waals surface area contributed by atoms with Gasteiger partial charge in [0.05, 0.1) is 5.69 Å². The largest absolute Gasteiger partial charge is 0.459 e. The fourth-order valence-corrected chi connectivity index (χ4v) is 2.56. The number of fused-ring (bicyclic) bond motifs is 3. The van der Waals surface area contributed by atoms with E-state index in [-0.39, 0.29) is 5.71 Å². The van der Waals surface area contributed by atoms with Crippen molar-refractivity contribution in [3.05, 3.63) is 29.5 Å². The van der Waals surface area contributed by atoms with Crippen LogP contribution in [0.2, 0.25) is 0 Å². The van der Waals surface area contributed by atoms with Crippen molar-refractivity contribution in [3.8, 4) is 12.1 Å². The molecule has 1 aromatic heterocycles. The van der Waals surface area contributed by atoms with E-state index in [4.69, 9.17) is 14.9 Å². The number of nitriles is 2. The van der Waals surface area contributed by atoms with Crippen molar-refractivity contribution in [3.63, 3.8) is 0 Å². The van der Waals surface area contributed by atoms with Crippen LogP contribution in [0.4, 0.5) is 5.69 Å². The third-order valence-corrected chi connectivity index (χ3v) is 3.48. The van der Waals surface area contributed by atoms with Crippen LogP contribution >= 0.6 is 0 Å². The summed E-state index contributed by atoms with van der Waals surface area (Å²) in [5.41, 5.74) is 5.24. The van der Waals surface area contributed by atoms with Gasteiger partial charge < -0.3 is 4.42 Å². The summed E-state index contributed by atoms with van der Waals surface area (Å²) in [5, 5.41) is 22.2. The number of nitrogens with one attached hydrogen (secondary N) is 1. The number of hydrogen-bond donors (Lipinski definition) is 1. The molecule has 0 unspecified atom stereocenters. The second-order valence-electron chi connectivity index (χ2n) is 4.69. The highest BCUT2D eigenvalue weighted by molar-refractivity contribution is 6.10. The quantitative estimate of drug-likeness (QED) is 0.667. The summed E-state index contributed by atoms with van der Waals surface area (Å²) in [7, 11) is 0. The Hall–Kier alpha value is -2.79. The highest BCUT2D eigenvalue weighted by Gasteiger charge is 2.19. The zero-order valence-corrected chi connectivity index (χ0v) is 10.8. The van der Waals surface area contributed by atoms with Crippen LogP contribution in [0.15, 0.2) is 27.7 Å². The van der Waals surface area contributed by atoms with E-state index < -0.39 is 0 Å². The van der Waals surface area contributed by atoms with Crippen molar-refractivity contribution in [2.75, 3.05) is 5.43 Å². The lowest BCUT2D eigenvalue weighted by molar-refractivity contribution is 0.506. The number of aryl methyl sites for hydroxylation is 2.